The zero-order chi connectivity index (χ0) is 17.6. The molecule has 0 aromatic carbocycles. The molecule has 2 unspecified atom stereocenters. The molecule has 2 fully saturated rings. The van der Waals surface area contributed by atoms with Gasteiger partial charge in [0.15, 0.2) is 5.96 Å². The summed E-state index contributed by atoms with van der Waals surface area (Å²) < 4.78 is 0. The quantitative estimate of drug-likeness (QED) is 0.404. The van der Waals surface area contributed by atoms with Crippen LogP contribution in [0, 0.1) is 11.8 Å². The Balaban J connectivity index is 0.00000243. The molecule has 2 aliphatic rings. The first-order valence-corrected chi connectivity index (χ1v) is 9.90. The topological polar surface area (TPSA) is 43.8 Å². The largest absolute Gasteiger partial charge is 0.357 e. The number of anilines is 1. The third-order valence-corrected chi connectivity index (χ3v) is 5.83. The average molecular weight is 471 g/mol. The minimum atomic E-state index is 0. The fourth-order valence-electron chi connectivity index (χ4n) is 4.35. The van der Waals surface area contributed by atoms with Crippen LogP contribution < -0.4 is 10.2 Å². The summed E-state index contributed by atoms with van der Waals surface area (Å²) in [5.41, 5.74) is 1.20. The number of aromatic nitrogens is 1. The van der Waals surface area contributed by atoms with Gasteiger partial charge < -0.3 is 15.1 Å². The van der Waals surface area contributed by atoms with Gasteiger partial charge in [-0.05, 0) is 50.2 Å². The van der Waals surface area contributed by atoms with E-state index in [1.807, 2.05) is 13.2 Å². The molecular weight excluding hydrogens is 437 g/mol. The Bertz CT molecular complexity index is 556. The first-order valence-electron chi connectivity index (χ1n) is 9.90. The standard InChI is InChI=1S/C20H33N5.HI/c1-4-24(5-2)19-11-10-16(12-22-19)13-23-20(21-3)25-14-17-8-6-7-9-18(17)15-25;/h10-12,17-18H,4-9,13-15H2,1-3H3,(H,21,23);1H. The Morgan fingerprint density at radius 2 is 1.85 bits per heavy atom. The number of rotatable bonds is 5. The summed E-state index contributed by atoms with van der Waals surface area (Å²) in [6.45, 7) is 9.43. The number of guanidine groups is 1. The normalized spacial score (nSPS) is 22.6. The second-order valence-electron chi connectivity index (χ2n) is 7.31. The van der Waals surface area contributed by atoms with E-state index in [-0.39, 0.29) is 24.0 Å². The third-order valence-electron chi connectivity index (χ3n) is 5.83. The smallest absolute Gasteiger partial charge is 0.193 e. The Hall–Kier alpha value is -1.05. The summed E-state index contributed by atoms with van der Waals surface area (Å²) in [4.78, 5) is 13.9. The Morgan fingerprint density at radius 3 is 2.35 bits per heavy atom. The molecule has 1 N–H and O–H groups in total. The second-order valence-corrected chi connectivity index (χ2v) is 7.31. The molecule has 1 aromatic heterocycles. The van der Waals surface area contributed by atoms with Crippen molar-refractivity contribution in [3.63, 3.8) is 0 Å². The third kappa shape index (κ3) is 5.02. The van der Waals surface area contributed by atoms with Crippen molar-refractivity contribution in [3.8, 4) is 0 Å². The van der Waals surface area contributed by atoms with Crippen molar-refractivity contribution in [2.75, 3.05) is 38.1 Å². The Labute approximate surface area is 175 Å². The molecule has 0 amide bonds. The van der Waals surface area contributed by atoms with Crippen molar-refractivity contribution < 1.29 is 0 Å². The summed E-state index contributed by atoms with van der Waals surface area (Å²) in [5.74, 6) is 3.86. The van der Waals surface area contributed by atoms with Crippen molar-refractivity contribution >= 4 is 35.8 Å². The van der Waals surface area contributed by atoms with Gasteiger partial charge in [-0.25, -0.2) is 4.98 Å². The SMILES string of the molecule is CCN(CC)c1ccc(CNC(=NC)N2CC3CCCCC3C2)cn1.I. The van der Waals surface area contributed by atoms with E-state index in [9.17, 15) is 0 Å². The lowest BCUT2D eigenvalue weighted by atomic mass is 9.82. The number of pyridine rings is 1. The highest BCUT2D eigenvalue weighted by Gasteiger charge is 2.35. The van der Waals surface area contributed by atoms with E-state index in [0.717, 1.165) is 43.2 Å². The van der Waals surface area contributed by atoms with Gasteiger partial charge in [-0.3, -0.25) is 4.99 Å². The zero-order valence-corrected chi connectivity index (χ0v) is 18.8. The molecule has 1 saturated carbocycles. The molecule has 0 radical (unpaired) electrons. The number of halogens is 1. The fraction of sp³-hybridized carbons (Fsp3) is 0.700. The highest BCUT2D eigenvalue weighted by atomic mass is 127. The summed E-state index contributed by atoms with van der Waals surface area (Å²) in [7, 11) is 1.89. The van der Waals surface area contributed by atoms with Gasteiger partial charge in [-0.2, -0.15) is 0 Å². The van der Waals surface area contributed by atoms with Crippen LogP contribution in [0.4, 0.5) is 5.82 Å². The molecule has 1 aliphatic heterocycles. The van der Waals surface area contributed by atoms with Crippen molar-refractivity contribution in [1.82, 2.24) is 15.2 Å². The molecule has 1 saturated heterocycles. The van der Waals surface area contributed by atoms with Gasteiger partial charge in [0.05, 0.1) is 0 Å². The number of fused-ring (bicyclic) bond motifs is 1. The lowest BCUT2D eigenvalue weighted by molar-refractivity contribution is 0.299. The van der Waals surface area contributed by atoms with Crippen molar-refractivity contribution in [3.05, 3.63) is 23.9 Å². The van der Waals surface area contributed by atoms with Crippen LogP contribution in [0.15, 0.2) is 23.3 Å². The maximum Gasteiger partial charge on any atom is 0.193 e. The van der Waals surface area contributed by atoms with Gasteiger partial charge in [-0.15, -0.1) is 24.0 Å². The Kier molecular flexibility index (Phi) is 8.44. The highest BCUT2D eigenvalue weighted by Crippen LogP contribution is 2.35. The van der Waals surface area contributed by atoms with Crippen molar-refractivity contribution in [2.45, 2.75) is 46.1 Å². The number of nitrogens with one attached hydrogen (secondary N) is 1. The van der Waals surface area contributed by atoms with Crippen molar-refractivity contribution in [1.29, 1.82) is 0 Å². The van der Waals surface area contributed by atoms with Gasteiger partial charge in [0.1, 0.15) is 5.82 Å². The van der Waals surface area contributed by atoms with Crippen LogP contribution in [-0.2, 0) is 6.54 Å². The summed E-state index contributed by atoms with van der Waals surface area (Å²) in [6.07, 6.45) is 7.60. The summed E-state index contributed by atoms with van der Waals surface area (Å²) >= 11 is 0. The number of hydrogen-bond acceptors (Lipinski definition) is 3. The van der Waals surface area contributed by atoms with Gasteiger partial charge >= 0.3 is 0 Å². The van der Waals surface area contributed by atoms with Gasteiger partial charge in [0, 0.05) is 46.0 Å². The first kappa shape index (κ1) is 21.3. The number of likely N-dealkylation sites (tertiary alicyclic amines) is 1. The molecule has 3 rings (SSSR count). The molecule has 1 aromatic rings. The maximum absolute atomic E-state index is 4.61. The summed E-state index contributed by atoms with van der Waals surface area (Å²) in [5, 5.41) is 3.54. The number of aliphatic imine (C=N–C) groups is 1. The fourth-order valence-corrected chi connectivity index (χ4v) is 4.35. The zero-order valence-electron chi connectivity index (χ0n) is 16.4. The average Bonchev–Trinajstić information content (AvgIpc) is 3.08. The van der Waals surface area contributed by atoms with E-state index in [2.05, 4.69) is 51.1 Å². The van der Waals surface area contributed by atoms with Gasteiger partial charge in [0.25, 0.3) is 0 Å². The van der Waals surface area contributed by atoms with Crippen LogP contribution >= 0.6 is 24.0 Å². The molecule has 5 nitrogen and oxygen atoms in total. The van der Waals surface area contributed by atoms with Gasteiger partial charge in [-0.1, -0.05) is 18.9 Å². The van der Waals surface area contributed by atoms with Crippen LogP contribution in [0.25, 0.3) is 0 Å². The molecule has 0 spiro atoms. The molecule has 2 atom stereocenters. The van der Waals surface area contributed by atoms with E-state index in [1.54, 1.807) is 0 Å². The lowest BCUT2D eigenvalue weighted by Gasteiger charge is -2.22. The van der Waals surface area contributed by atoms with E-state index < -0.39 is 0 Å². The number of nitrogens with zero attached hydrogens (tertiary/aromatic N) is 4. The predicted molar refractivity (Wildman–Crippen MR) is 120 cm³/mol. The predicted octanol–water partition coefficient (Wildman–Crippen LogP) is 3.74. The minimum absolute atomic E-state index is 0. The van der Waals surface area contributed by atoms with E-state index in [4.69, 9.17) is 0 Å². The monoisotopic (exact) mass is 471 g/mol. The van der Waals surface area contributed by atoms with Crippen LogP contribution in [-0.4, -0.2) is 49.1 Å². The Morgan fingerprint density at radius 1 is 1.19 bits per heavy atom. The van der Waals surface area contributed by atoms with Crippen molar-refractivity contribution in [2.24, 2.45) is 16.8 Å². The molecule has 146 valence electrons. The van der Waals surface area contributed by atoms with Crippen LogP contribution in [0.3, 0.4) is 0 Å². The molecule has 0 bridgehead atoms. The molecule has 2 heterocycles. The molecule has 1 aliphatic carbocycles. The first-order chi connectivity index (χ1) is 12.2. The van der Waals surface area contributed by atoms with Crippen LogP contribution in [0.5, 0.6) is 0 Å². The van der Waals surface area contributed by atoms with Crippen LogP contribution in [0.1, 0.15) is 45.1 Å². The highest BCUT2D eigenvalue weighted by molar-refractivity contribution is 14.0. The molecule has 6 heteroatoms. The maximum atomic E-state index is 4.61. The van der Waals surface area contributed by atoms with E-state index in [0.29, 0.717) is 0 Å². The number of hydrogen-bond donors (Lipinski definition) is 1. The lowest BCUT2D eigenvalue weighted by Crippen LogP contribution is -2.39. The molecular formula is C20H34IN5. The summed E-state index contributed by atoms with van der Waals surface area (Å²) in [6, 6.07) is 4.29. The van der Waals surface area contributed by atoms with Crippen LogP contribution in [0.2, 0.25) is 0 Å². The minimum Gasteiger partial charge on any atom is -0.357 e. The van der Waals surface area contributed by atoms with E-state index >= 15 is 0 Å². The molecule has 26 heavy (non-hydrogen) atoms. The second kappa shape index (κ2) is 10.3. The van der Waals surface area contributed by atoms with Gasteiger partial charge in [0.2, 0.25) is 0 Å². The van der Waals surface area contributed by atoms with E-state index in [1.165, 1.54) is 44.3 Å².